The van der Waals surface area contributed by atoms with E-state index in [2.05, 4.69) is 10.5 Å². The molecule has 5 nitrogen and oxygen atoms in total. The maximum atomic E-state index is 13.5. The van der Waals surface area contributed by atoms with Gasteiger partial charge in [-0.25, -0.2) is 9.40 Å². The second kappa shape index (κ2) is 8.92. The standard InChI is InChI=1S/C22H23Cl2FN4O/c1-14-20(22(30)27-28-11-3-2-4-12-28)26-29(19-10-7-16(23)13-18(19)24)21(14)15-5-8-17(25)9-6-15/h5-10,13-14,21H,2-4,11-12H2,1H3,(H,27,30)/t14-,21-/m1/s1. The van der Waals surface area contributed by atoms with Crippen LogP contribution in [-0.2, 0) is 4.79 Å². The fourth-order valence-electron chi connectivity index (χ4n) is 4.05. The van der Waals surface area contributed by atoms with Crippen LogP contribution in [0.4, 0.5) is 10.1 Å². The summed E-state index contributed by atoms with van der Waals surface area (Å²) in [5.41, 5.74) is 4.90. The number of hydrazone groups is 1. The molecule has 0 saturated carbocycles. The topological polar surface area (TPSA) is 47.9 Å². The summed E-state index contributed by atoms with van der Waals surface area (Å²) < 4.78 is 13.5. The van der Waals surface area contributed by atoms with E-state index in [-0.39, 0.29) is 23.7 Å². The summed E-state index contributed by atoms with van der Waals surface area (Å²) in [7, 11) is 0. The lowest BCUT2D eigenvalue weighted by molar-refractivity contribution is -0.120. The van der Waals surface area contributed by atoms with Crippen LogP contribution in [0.15, 0.2) is 47.6 Å². The third-order valence-electron chi connectivity index (χ3n) is 5.60. The van der Waals surface area contributed by atoms with E-state index in [1.807, 2.05) is 11.9 Å². The molecule has 2 aromatic rings. The number of piperidine rings is 1. The number of amides is 1. The average Bonchev–Trinajstić information content (AvgIpc) is 3.06. The summed E-state index contributed by atoms with van der Waals surface area (Å²) in [5.74, 6) is -0.763. The zero-order valence-corrected chi connectivity index (χ0v) is 18.1. The van der Waals surface area contributed by atoms with E-state index >= 15 is 0 Å². The number of anilines is 1. The van der Waals surface area contributed by atoms with Crippen LogP contribution in [-0.4, -0.2) is 29.7 Å². The van der Waals surface area contributed by atoms with Crippen molar-refractivity contribution >= 4 is 40.5 Å². The van der Waals surface area contributed by atoms with Gasteiger partial charge in [-0.2, -0.15) is 5.10 Å². The molecule has 2 aliphatic heterocycles. The molecule has 2 heterocycles. The third-order valence-corrected chi connectivity index (χ3v) is 6.14. The zero-order chi connectivity index (χ0) is 21.3. The molecule has 4 rings (SSSR count). The molecule has 2 atom stereocenters. The Morgan fingerprint density at radius 3 is 2.47 bits per heavy atom. The Morgan fingerprint density at radius 2 is 1.80 bits per heavy atom. The predicted octanol–water partition coefficient (Wildman–Crippen LogP) is 5.20. The number of halogens is 3. The molecule has 0 spiro atoms. The Balaban J connectivity index is 1.68. The van der Waals surface area contributed by atoms with E-state index in [9.17, 15) is 9.18 Å². The molecular formula is C22H23Cl2FN4O. The summed E-state index contributed by atoms with van der Waals surface area (Å²) in [6.45, 7) is 3.62. The van der Waals surface area contributed by atoms with Crippen LogP contribution < -0.4 is 10.4 Å². The average molecular weight is 449 g/mol. The van der Waals surface area contributed by atoms with Crippen LogP contribution >= 0.6 is 23.2 Å². The van der Waals surface area contributed by atoms with E-state index in [4.69, 9.17) is 23.2 Å². The maximum Gasteiger partial charge on any atom is 0.282 e. The second-order valence-electron chi connectivity index (χ2n) is 7.70. The molecule has 0 aliphatic carbocycles. The van der Waals surface area contributed by atoms with Crippen molar-refractivity contribution in [3.63, 3.8) is 0 Å². The summed E-state index contributed by atoms with van der Waals surface area (Å²) >= 11 is 12.5. The summed E-state index contributed by atoms with van der Waals surface area (Å²) in [6.07, 6.45) is 3.30. The normalized spacial score (nSPS) is 22.1. The van der Waals surface area contributed by atoms with E-state index in [0.717, 1.165) is 31.5 Å². The molecule has 1 fully saturated rings. The molecule has 1 amide bonds. The minimum absolute atomic E-state index is 0.218. The van der Waals surface area contributed by atoms with Crippen molar-refractivity contribution in [3.05, 3.63) is 63.9 Å². The van der Waals surface area contributed by atoms with E-state index in [1.54, 1.807) is 35.3 Å². The van der Waals surface area contributed by atoms with Gasteiger partial charge in [0.25, 0.3) is 5.91 Å². The van der Waals surface area contributed by atoms with Gasteiger partial charge in [0.15, 0.2) is 0 Å². The van der Waals surface area contributed by atoms with Gasteiger partial charge in [0.2, 0.25) is 0 Å². The molecule has 2 aliphatic rings. The van der Waals surface area contributed by atoms with Crippen molar-refractivity contribution in [3.8, 4) is 0 Å². The number of hydrogen-bond acceptors (Lipinski definition) is 4. The highest BCUT2D eigenvalue weighted by atomic mass is 35.5. The Hall–Kier alpha value is -2.15. The number of hydrazine groups is 1. The fourth-order valence-corrected chi connectivity index (χ4v) is 4.55. The number of carbonyl (C=O) groups excluding carboxylic acids is 1. The molecule has 30 heavy (non-hydrogen) atoms. The van der Waals surface area contributed by atoms with Gasteiger partial charge in [-0.1, -0.05) is 48.7 Å². The van der Waals surface area contributed by atoms with Gasteiger partial charge in [-0.15, -0.1) is 0 Å². The number of carbonyl (C=O) groups is 1. The van der Waals surface area contributed by atoms with Gasteiger partial charge in [0.1, 0.15) is 11.5 Å². The molecule has 0 aromatic heterocycles. The van der Waals surface area contributed by atoms with Crippen LogP contribution in [0.3, 0.4) is 0 Å². The Bertz CT molecular complexity index is 960. The van der Waals surface area contributed by atoms with Crippen molar-refractivity contribution in [2.75, 3.05) is 18.1 Å². The van der Waals surface area contributed by atoms with Crippen LogP contribution in [0, 0.1) is 11.7 Å². The van der Waals surface area contributed by atoms with Crippen molar-refractivity contribution in [1.29, 1.82) is 0 Å². The van der Waals surface area contributed by atoms with Crippen LogP contribution in [0.2, 0.25) is 10.0 Å². The first-order chi connectivity index (χ1) is 14.4. The second-order valence-corrected chi connectivity index (χ2v) is 8.54. The van der Waals surface area contributed by atoms with Gasteiger partial charge in [0, 0.05) is 24.0 Å². The summed E-state index contributed by atoms with van der Waals surface area (Å²) in [6, 6.07) is 11.1. The first-order valence-electron chi connectivity index (χ1n) is 10.1. The Kier molecular flexibility index (Phi) is 6.27. The molecule has 0 bridgehead atoms. The van der Waals surface area contributed by atoms with Gasteiger partial charge in [0.05, 0.1) is 16.8 Å². The van der Waals surface area contributed by atoms with Crippen molar-refractivity contribution in [1.82, 2.24) is 10.4 Å². The first kappa shape index (κ1) is 21.1. The van der Waals surface area contributed by atoms with Gasteiger partial charge >= 0.3 is 0 Å². The van der Waals surface area contributed by atoms with Crippen LogP contribution in [0.5, 0.6) is 0 Å². The number of nitrogens with zero attached hydrogens (tertiary/aromatic N) is 3. The number of nitrogens with one attached hydrogen (secondary N) is 1. The number of benzene rings is 2. The zero-order valence-electron chi connectivity index (χ0n) is 16.6. The lowest BCUT2D eigenvalue weighted by atomic mass is 9.91. The molecule has 158 valence electrons. The van der Waals surface area contributed by atoms with Gasteiger partial charge in [-0.3, -0.25) is 15.2 Å². The largest absolute Gasteiger partial charge is 0.284 e. The lowest BCUT2D eigenvalue weighted by Crippen LogP contribution is -2.48. The first-order valence-corrected chi connectivity index (χ1v) is 10.8. The monoisotopic (exact) mass is 448 g/mol. The smallest absolute Gasteiger partial charge is 0.282 e. The van der Waals surface area contributed by atoms with Crippen molar-refractivity contribution in [2.45, 2.75) is 32.2 Å². The maximum absolute atomic E-state index is 13.5. The highest BCUT2D eigenvalue weighted by Gasteiger charge is 2.40. The SMILES string of the molecule is C[C@@H]1C(C(=O)NN2CCCCC2)=NN(c2ccc(Cl)cc2Cl)[C@H]1c1ccc(F)cc1. The minimum atomic E-state index is -0.315. The molecule has 2 aromatic carbocycles. The van der Waals surface area contributed by atoms with Crippen LogP contribution in [0.1, 0.15) is 37.8 Å². The predicted molar refractivity (Wildman–Crippen MR) is 118 cm³/mol. The lowest BCUT2D eigenvalue weighted by Gasteiger charge is -2.28. The molecule has 1 saturated heterocycles. The summed E-state index contributed by atoms with van der Waals surface area (Å²) in [4.78, 5) is 13.0. The molecule has 0 radical (unpaired) electrons. The summed E-state index contributed by atoms with van der Waals surface area (Å²) in [5, 5.41) is 9.30. The third kappa shape index (κ3) is 4.31. The van der Waals surface area contributed by atoms with E-state index in [0.29, 0.717) is 21.4 Å². The molecular weight excluding hydrogens is 426 g/mol. The van der Waals surface area contributed by atoms with Gasteiger partial charge in [-0.05, 0) is 48.7 Å². The molecule has 1 N–H and O–H groups in total. The van der Waals surface area contributed by atoms with Crippen molar-refractivity contribution < 1.29 is 9.18 Å². The highest BCUT2D eigenvalue weighted by molar-refractivity contribution is 6.41. The van der Waals surface area contributed by atoms with Crippen molar-refractivity contribution in [2.24, 2.45) is 11.0 Å². The fraction of sp³-hybridized carbons (Fsp3) is 0.364. The van der Waals surface area contributed by atoms with Gasteiger partial charge < -0.3 is 0 Å². The van der Waals surface area contributed by atoms with Crippen LogP contribution in [0.25, 0.3) is 0 Å². The number of hydrogen-bond donors (Lipinski definition) is 1. The minimum Gasteiger partial charge on any atom is -0.284 e. The Labute approximate surface area is 185 Å². The number of rotatable bonds is 4. The molecule has 8 heteroatoms. The molecule has 0 unspecified atom stereocenters. The van der Waals surface area contributed by atoms with E-state index < -0.39 is 0 Å². The van der Waals surface area contributed by atoms with E-state index in [1.165, 1.54) is 18.6 Å². The quantitative estimate of drug-likeness (QED) is 0.698. The highest BCUT2D eigenvalue weighted by Crippen LogP contribution is 2.42. The Morgan fingerprint density at radius 1 is 1.10 bits per heavy atom.